The van der Waals surface area contributed by atoms with Gasteiger partial charge in [-0.05, 0) is 23.8 Å². The summed E-state index contributed by atoms with van der Waals surface area (Å²) in [6, 6.07) is 9.37. The van der Waals surface area contributed by atoms with Crippen molar-refractivity contribution in [1.82, 2.24) is 10.6 Å². The minimum Gasteiger partial charge on any atom is -0.355 e. The number of carbonyl (C=O) groups excluding carboxylic acids is 2. The lowest BCUT2D eigenvalue weighted by atomic mass is 10.1. The minimum atomic E-state index is -0.961. The Bertz CT molecular complexity index is 790. The van der Waals surface area contributed by atoms with Crippen LogP contribution in [0, 0.1) is 15.9 Å². The number of nitro groups is 1. The average molecular weight is 331 g/mol. The largest absolute Gasteiger partial charge is 0.355 e. The van der Waals surface area contributed by atoms with Gasteiger partial charge in [0.25, 0.3) is 17.5 Å². The highest BCUT2D eigenvalue weighted by molar-refractivity contribution is 5.95. The molecule has 2 aromatic rings. The molecule has 0 unspecified atom stereocenters. The number of nitro benzene ring substituents is 1. The fourth-order valence-electron chi connectivity index (χ4n) is 2.00. The molecule has 0 fully saturated rings. The maximum absolute atomic E-state index is 13.8. The number of hydrogen-bond donors (Lipinski definition) is 2. The van der Waals surface area contributed by atoms with Gasteiger partial charge in [-0.1, -0.05) is 12.1 Å². The molecular formula is C16H14FN3O4. The summed E-state index contributed by atoms with van der Waals surface area (Å²) in [5.41, 5.74) is 0.503. The normalized spacial score (nSPS) is 10.1. The summed E-state index contributed by atoms with van der Waals surface area (Å²) >= 11 is 0. The highest BCUT2D eigenvalue weighted by Gasteiger charge is 2.16. The zero-order chi connectivity index (χ0) is 17.7. The number of carbonyl (C=O) groups is 2. The van der Waals surface area contributed by atoms with Gasteiger partial charge in [0, 0.05) is 25.2 Å². The highest BCUT2D eigenvalue weighted by atomic mass is 19.1. The molecule has 0 heterocycles. The summed E-state index contributed by atoms with van der Waals surface area (Å²) in [6.45, 7) is 0.128. The van der Waals surface area contributed by atoms with Crippen molar-refractivity contribution in [3.05, 3.63) is 75.1 Å². The summed E-state index contributed by atoms with van der Waals surface area (Å²) in [7, 11) is 1.52. The van der Waals surface area contributed by atoms with E-state index < -0.39 is 22.3 Å². The Kier molecular flexibility index (Phi) is 5.20. The van der Waals surface area contributed by atoms with Crippen molar-refractivity contribution < 1.29 is 18.9 Å². The lowest BCUT2D eigenvalue weighted by Gasteiger charge is -2.07. The van der Waals surface area contributed by atoms with Crippen molar-refractivity contribution in [2.24, 2.45) is 0 Å². The molecule has 124 valence electrons. The first-order valence-electron chi connectivity index (χ1n) is 6.95. The molecule has 0 atom stereocenters. The molecule has 7 nitrogen and oxygen atoms in total. The van der Waals surface area contributed by atoms with E-state index in [1.165, 1.54) is 7.05 Å². The summed E-state index contributed by atoms with van der Waals surface area (Å²) < 4.78 is 13.8. The van der Waals surface area contributed by atoms with Crippen molar-refractivity contribution in [3.8, 4) is 0 Å². The standard InChI is InChI=1S/C16H14FN3O4/c1-18-15(21)11-4-2-10(3-5-11)9-19-16(22)13-7-6-12(20(23)24)8-14(13)17/h2-8H,9H2,1H3,(H,18,21)(H,19,22). The van der Waals surface area contributed by atoms with Crippen LogP contribution in [0.3, 0.4) is 0 Å². The van der Waals surface area contributed by atoms with E-state index in [0.717, 1.165) is 17.7 Å². The predicted molar refractivity (Wildman–Crippen MR) is 84.1 cm³/mol. The van der Waals surface area contributed by atoms with Crippen LogP contribution in [0.15, 0.2) is 42.5 Å². The molecule has 0 aromatic heterocycles. The van der Waals surface area contributed by atoms with E-state index in [0.29, 0.717) is 11.6 Å². The molecule has 0 aliphatic carbocycles. The average Bonchev–Trinajstić information content (AvgIpc) is 2.59. The lowest BCUT2D eigenvalue weighted by Crippen LogP contribution is -2.24. The van der Waals surface area contributed by atoms with E-state index in [9.17, 15) is 24.1 Å². The maximum Gasteiger partial charge on any atom is 0.272 e. The van der Waals surface area contributed by atoms with Gasteiger partial charge in [0.2, 0.25) is 0 Å². The van der Waals surface area contributed by atoms with E-state index in [2.05, 4.69) is 10.6 Å². The van der Waals surface area contributed by atoms with E-state index in [1.807, 2.05) is 0 Å². The number of amides is 2. The number of nitrogens with one attached hydrogen (secondary N) is 2. The molecule has 0 saturated carbocycles. The first-order chi connectivity index (χ1) is 11.4. The van der Waals surface area contributed by atoms with Crippen LogP contribution in [0.2, 0.25) is 0 Å². The molecule has 0 aliphatic heterocycles. The Balaban J connectivity index is 2.03. The monoisotopic (exact) mass is 331 g/mol. The molecule has 0 bridgehead atoms. The smallest absolute Gasteiger partial charge is 0.272 e. The fraction of sp³-hybridized carbons (Fsp3) is 0.125. The van der Waals surface area contributed by atoms with Crippen LogP contribution >= 0.6 is 0 Å². The predicted octanol–water partition coefficient (Wildman–Crippen LogP) is 2.02. The Morgan fingerprint density at radius 1 is 1.12 bits per heavy atom. The second kappa shape index (κ2) is 7.32. The Morgan fingerprint density at radius 3 is 2.33 bits per heavy atom. The topological polar surface area (TPSA) is 101 Å². The zero-order valence-electron chi connectivity index (χ0n) is 12.7. The Labute approximate surface area is 136 Å². The molecule has 0 saturated heterocycles. The number of non-ortho nitro benzene ring substituents is 1. The summed E-state index contributed by atoms with van der Waals surface area (Å²) in [4.78, 5) is 33.2. The second-order valence-electron chi connectivity index (χ2n) is 4.88. The fourth-order valence-corrected chi connectivity index (χ4v) is 2.00. The minimum absolute atomic E-state index is 0.128. The van der Waals surface area contributed by atoms with Crippen LogP contribution in [-0.2, 0) is 6.54 Å². The molecule has 2 aromatic carbocycles. The number of hydrogen-bond acceptors (Lipinski definition) is 4. The summed E-state index contributed by atoms with van der Waals surface area (Å²) in [5, 5.41) is 15.6. The Morgan fingerprint density at radius 2 is 1.79 bits per heavy atom. The molecule has 8 heteroatoms. The van der Waals surface area contributed by atoms with Crippen LogP contribution in [0.5, 0.6) is 0 Å². The van der Waals surface area contributed by atoms with Gasteiger partial charge in [0.15, 0.2) is 0 Å². The molecule has 24 heavy (non-hydrogen) atoms. The molecular weight excluding hydrogens is 317 g/mol. The number of benzene rings is 2. The number of nitrogens with zero attached hydrogens (tertiary/aromatic N) is 1. The number of halogens is 1. The maximum atomic E-state index is 13.8. The van der Waals surface area contributed by atoms with E-state index >= 15 is 0 Å². The third kappa shape index (κ3) is 3.92. The number of rotatable bonds is 5. The SMILES string of the molecule is CNC(=O)c1ccc(CNC(=O)c2ccc([N+](=O)[O-])cc2F)cc1. The van der Waals surface area contributed by atoms with E-state index in [-0.39, 0.29) is 18.0 Å². The van der Waals surface area contributed by atoms with Gasteiger partial charge in [0.1, 0.15) is 5.82 Å². The molecule has 2 rings (SSSR count). The van der Waals surface area contributed by atoms with Crippen LogP contribution in [0.4, 0.5) is 10.1 Å². The van der Waals surface area contributed by atoms with Crippen molar-refractivity contribution in [2.45, 2.75) is 6.54 Å². The summed E-state index contributed by atoms with van der Waals surface area (Å²) in [6.07, 6.45) is 0. The first-order valence-corrected chi connectivity index (χ1v) is 6.95. The van der Waals surface area contributed by atoms with Gasteiger partial charge in [-0.15, -0.1) is 0 Å². The van der Waals surface area contributed by atoms with Gasteiger partial charge < -0.3 is 10.6 Å². The quantitative estimate of drug-likeness (QED) is 0.646. The van der Waals surface area contributed by atoms with Gasteiger partial charge >= 0.3 is 0 Å². The molecule has 0 aliphatic rings. The van der Waals surface area contributed by atoms with Crippen LogP contribution in [0.1, 0.15) is 26.3 Å². The summed E-state index contributed by atoms with van der Waals surface area (Å²) in [5.74, 6) is -1.87. The third-order valence-electron chi connectivity index (χ3n) is 3.30. The molecule has 2 amide bonds. The highest BCUT2D eigenvalue weighted by Crippen LogP contribution is 2.16. The van der Waals surface area contributed by atoms with E-state index in [4.69, 9.17) is 0 Å². The second-order valence-corrected chi connectivity index (χ2v) is 4.88. The first kappa shape index (κ1) is 17.1. The van der Waals surface area contributed by atoms with Crippen LogP contribution in [-0.4, -0.2) is 23.8 Å². The van der Waals surface area contributed by atoms with Gasteiger partial charge in [-0.25, -0.2) is 4.39 Å². The van der Waals surface area contributed by atoms with Crippen LogP contribution < -0.4 is 10.6 Å². The van der Waals surface area contributed by atoms with Crippen molar-refractivity contribution in [2.75, 3.05) is 7.05 Å². The van der Waals surface area contributed by atoms with Gasteiger partial charge in [0.05, 0.1) is 16.6 Å². The van der Waals surface area contributed by atoms with Gasteiger partial charge in [-0.2, -0.15) is 0 Å². The van der Waals surface area contributed by atoms with Crippen LogP contribution in [0.25, 0.3) is 0 Å². The van der Waals surface area contributed by atoms with Crippen molar-refractivity contribution in [3.63, 3.8) is 0 Å². The molecule has 0 spiro atoms. The Hall–Kier alpha value is -3.29. The molecule has 0 radical (unpaired) electrons. The van der Waals surface area contributed by atoms with Crippen molar-refractivity contribution in [1.29, 1.82) is 0 Å². The molecule has 2 N–H and O–H groups in total. The van der Waals surface area contributed by atoms with Gasteiger partial charge in [-0.3, -0.25) is 19.7 Å². The van der Waals surface area contributed by atoms with Crippen molar-refractivity contribution >= 4 is 17.5 Å². The third-order valence-corrected chi connectivity index (χ3v) is 3.30. The zero-order valence-corrected chi connectivity index (χ0v) is 12.7. The van der Waals surface area contributed by atoms with E-state index in [1.54, 1.807) is 24.3 Å². The lowest BCUT2D eigenvalue weighted by molar-refractivity contribution is -0.385.